The van der Waals surface area contributed by atoms with Crippen LogP contribution >= 0.6 is 11.3 Å². The van der Waals surface area contributed by atoms with Gasteiger partial charge in [0.1, 0.15) is 0 Å². The average molecular weight is 428 g/mol. The van der Waals surface area contributed by atoms with Crippen LogP contribution in [0.15, 0.2) is 36.0 Å². The molecule has 1 aliphatic heterocycles. The van der Waals surface area contributed by atoms with E-state index in [0.717, 1.165) is 28.6 Å². The molecular weight excluding hydrogens is 398 g/mol. The van der Waals surface area contributed by atoms with E-state index < -0.39 is 0 Å². The van der Waals surface area contributed by atoms with Gasteiger partial charge >= 0.3 is 0 Å². The summed E-state index contributed by atoms with van der Waals surface area (Å²) in [6, 6.07) is 5.89. The highest BCUT2D eigenvalue weighted by Gasteiger charge is 2.29. The van der Waals surface area contributed by atoms with Crippen LogP contribution in [0.25, 0.3) is 10.2 Å². The number of hydrogen-bond donors (Lipinski definition) is 1. The third-order valence-electron chi connectivity index (χ3n) is 5.07. The summed E-state index contributed by atoms with van der Waals surface area (Å²) in [7, 11) is 1.69. The molecule has 0 saturated carbocycles. The van der Waals surface area contributed by atoms with Crippen LogP contribution in [0.4, 0.5) is 5.95 Å². The number of hydrogen-bond acceptors (Lipinski definition) is 7. The van der Waals surface area contributed by atoms with Crippen molar-refractivity contribution in [2.45, 2.75) is 45.8 Å². The first-order valence-electron chi connectivity index (χ1n) is 10.4. The molecule has 30 heavy (non-hydrogen) atoms. The van der Waals surface area contributed by atoms with Gasteiger partial charge in [0.25, 0.3) is 5.91 Å². The van der Waals surface area contributed by atoms with Gasteiger partial charge in [-0.3, -0.25) is 9.78 Å². The number of ether oxygens (including phenoxy) is 1. The van der Waals surface area contributed by atoms with E-state index in [0.29, 0.717) is 24.7 Å². The number of nitrogens with one attached hydrogen (secondary N) is 1. The lowest BCUT2D eigenvalue weighted by Gasteiger charge is -2.19. The van der Waals surface area contributed by atoms with Gasteiger partial charge in [0.15, 0.2) is 5.69 Å². The summed E-state index contributed by atoms with van der Waals surface area (Å²) in [6.45, 7) is 7.38. The van der Waals surface area contributed by atoms with Crippen LogP contribution in [-0.4, -0.2) is 52.1 Å². The molecule has 0 bridgehead atoms. The fourth-order valence-electron chi connectivity index (χ4n) is 3.49. The molecule has 1 amide bonds. The standard InChI is InChI=1S/C20H23N5O2S.C2H6/c1-3-15(13-5-4-8-21-11-13)22-20-23-16-7-10-28-18(16)17(24-20)19(26)25-9-6-14(12-25)27-2;1-2/h4-5,7-8,10-11,14-15H,3,6,9,12H2,1-2H3,(H,22,23,24);1-2H3/t14-,15?;/m1./s1. The third kappa shape index (κ3) is 4.76. The predicted octanol–water partition coefficient (Wildman–Crippen LogP) is 4.54. The topological polar surface area (TPSA) is 80.2 Å². The highest BCUT2D eigenvalue weighted by atomic mass is 32.1. The van der Waals surface area contributed by atoms with Gasteiger partial charge in [0.2, 0.25) is 5.95 Å². The van der Waals surface area contributed by atoms with Crippen LogP contribution in [0.5, 0.6) is 0 Å². The van der Waals surface area contributed by atoms with Gasteiger partial charge in [0, 0.05) is 32.6 Å². The van der Waals surface area contributed by atoms with Crippen molar-refractivity contribution in [2.24, 2.45) is 0 Å². The van der Waals surface area contributed by atoms with Crippen molar-refractivity contribution in [3.63, 3.8) is 0 Å². The molecule has 4 rings (SSSR count). The van der Waals surface area contributed by atoms with E-state index in [2.05, 4.69) is 27.2 Å². The van der Waals surface area contributed by atoms with E-state index in [4.69, 9.17) is 4.74 Å². The van der Waals surface area contributed by atoms with Crippen LogP contribution < -0.4 is 5.32 Å². The number of rotatable bonds is 6. The number of pyridine rings is 1. The molecule has 160 valence electrons. The molecule has 1 aliphatic rings. The Morgan fingerprint density at radius 3 is 2.87 bits per heavy atom. The number of amides is 1. The summed E-state index contributed by atoms with van der Waals surface area (Å²) in [5, 5.41) is 5.32. The van der Waals surface area contributed by atoms with Gasteiger partial charge in [-0.1, -0.05) is 26.8 Å². The van der Waals surface area contributed by atoms with Gasteiger partial charge in [0.05, 0.1) is 22.4 Å². The quantitative estimate of drug-likeness (QED) is 0.622. The molecule has 7 nitrogen and oxygen atoms in total. The first kappa shape index (κ1) is 22.1. The SMILES string of the molecule is CC.CCC(Nc1nc(C(=O)N2CC[C@@H](OC)C2)c2sccc2n1)c1cccnc1. The number of nitrogens with zero attached hydrogens (tertiary/aromatic N) is 4. The summed E-state index contributed by atoms with van der Waals surface area (Å²) in [6.07, 6.45) is 5.39. The highest BCUT2D eigenvalue weighted by Crippen LogP contribution is 2.28. The minimum atomic E-state index is -0.0631. The van der Waals surface area contributed by atoms with Gasteiger partial charge in [-0.25, -0.2) is 9.97 Å². The van der Waals surface area contributed by atoms with E-state index in [1.807, 2.05) is 48.5 Å². The molecule has 0 radical (unpaired) electrons. The molecule has 1 unspecified atom stereocenters. The van der Waals surface area contributed by atoms with Gasteiger partial charge in [-0.2, -0.15) is 0 Å². The van der Waals surface area contributed by atoms with Crippen molar-refractivity contribution in [1.82, 2.24) is 19.9 Å². The molecule has 1 saturated heterocycles. The lowest BCUT2D eigenvalue weighted by atomic mass is 10.1. The van der Waals surface area contributed by atoms with E-state index in [-0.39, 0.29) is 18.1 Å². The molecule has 0 aromatic carbocycles. The third-order valence-corrected chi connectivity index (χ3v) is 5.98. The van der Waals surface area contributed by atoms with Crippen molar-refractivity contribution >= 4 is 33.4 Å². The lowest BCUT2D eigenvalue weighted by Crippen LogP contribution is -2.31. The number of carbonyl (C=O) groups is 1. The summed E-state index contributed by atoms with van der Waals surface area (Å²) in [5.74, 6) is 0.402. The predicted molar refractivity (Wildman–Crippen MR) is 121 cm³/mol. The molecule has 0 aliphatic carbocycles. The maximum Gasteiger partial charge on any atom is 0.274 e. The Morgan fingerprint density at radius 1 is 1.37 bits per heavy atom. The Bertz CT molecular complexity index is 963. The van der Waals surface area contributed by atoms with Crippen LogP contribution in [0.2, 0.25) is 0 Å². The molecule has 3 aromatic heterocycles. The summed E-state index contributed by atoms with van der Waals surface area (Å²) < 4.78 is 6.22. The zero-order valence-electron chi connectivity index (χ0n) is 18.0. The molecule has 0 spiro atoms. The van der Waals surface area contributed by atoms with Gasteiger partial charge in [-0.05, 0) is 35.9 Å². The number of fused-ring (bicyclic) bond motifs is 1. The number of likely N-dealkylation sites (tertiary alicyclic amines) is 1. The molecule has 3 aromatic rings. The number of aromatic nitrogens is 3. The number of thiophene rings is 1. The summed E-state index contributed by atoms with van der Waals surface area (Å²) >= 11 is 1.50. The number of carbonyl (C=O) groups excluding carboxylic acids is 1. The van der Waals surface area contributed by atoms with Crippen molar-refractivity contribution in [3.8, 4) is 0 Å². The normalized spacial score (nSPS) is 16.8. The van der Waals surface area contributed by atoms with Crippen molar-refractivity contribution < 1.29 is 9.53 Å². The first-order valence-corrected chi connectivity index (χ1v) is 11.3. The van der Waals surface area contributed by atoms with Crippen molar-refractivity contribution in [2.75, 3.05) is 25.5 Å². The lowest BCUT2D eigenvalue weighted by molar-refractivity contribution is 0.0721. The van der Waals surface area contributed by atoms with E-state index >= 15 is 0 Å². The maximum absolute atomic E-state index is 13.1. The van der Waals surface area contributed by atoms with E-state index in [1.165, 1.54) is 11.3 Å². The van der Waals surface area contributed by atoms with Crippen LogP contribution in [0.1, 0.15) is 55.7 Å². The molecule has 8 heteroatoms. The zero-order valence-corrected chi connectivity index (χ0v) is 18.8. The number of anilines is 1. The van der Waals surface area contributed by atoms with E-state index in [1.54, 1.807) is 13.3 Å². The smallest absolute Gasteiger partial charge is 0.274 e. The first-order chi connectivity index (χ1) is 14.7. The second-order valence-corrected chi connectivity index (χ2v) is 7.74. The van der Waals surface area contributed by atoms with Crippen LogP contribution in [0.3, 0.4) is 0 Å². The van der Waals surface area contributed by atoms with Gasteiger partial charge < -0.3 is 15.0 Å². The molecule has 1 N–H and O–H groups in total. The Labute approximate surface area is 181 Å². The molecule has 2 atom stereocenters. The van der Waals surface area contributed by atoms with E-state index in [9.17, 15) is 4.79 Å². The summed E-state index contributed by atoms with van der Waals surface area (Å²) in [4.78, 5) is 28.4. The largest absolute Gasteiger partial charge is 0.380 e. The van der Waals surface area contributed by atoms with Crippen LogP contribution in [0, 0.1) is 0 Å². The molecule has 4 heterocycles. The van der Waals surface area contributed by atoms with Crippen LogP contribution in [-0.2, 0) is 4.74 Å². The Balaban J connectivity index is 0.00000124. The second-order valence-electron chi connectivity index (χ2n) is 6.82. The molecular formula is C22H29N5O2S. The Hall–Kier alpha value is -2.58. The number of methoxy groups -OCH3 is 1. The zero-order chi connectivity index (χ0) is 21.5. The Morgan fingerprint density at radius 2 is 2.20 bits per heavy atom. The molecule has 1 fully saturated rings. The fraction of sp³-hybridized carbons (Fsp3) is 0.455. The maximum atomic E-state index is 13.1. The fourth-order valence-corrected chi connectivity index (χ4v) is 4.30. The minimum absolute atomic E-state index is 0.0254. The highest BCUT2D eigenvalue weighted by molar-refractivity contribution is 7.17. The minimum Gasteiger partial charge on any atom is -0.380 e. The second kappa shape index (κ2) is 10.4. The van der Waals surface area contributed by atoms with Crippen molar-refractivity contribution in [3.05, 3.63) is 47.2 Å². The Kier molecular flexibility index (Phi) is 7.70. The summed E-state index contributed by atoms with van der Waals surface area (Å²) in [5.41, 5.74) is 2.31. The van der Waals surface area contributed by atoms with Crippen molar-refractivity contribution in [1.29, 1.82) is 0 Å². The van der Waals surface area contributed by atoms with Gasteiger partial charge in [-0.15, -0.1) is 11.3 Å². The monoisotopic (exact) mass is 427 g/mol. The average Bonchev–Trinajstić information content (AvgIpc) is 3.48.